The van der Waals surface area contributed by atoms with Gasteiger partial charge in [0.1, 0.15) is 5.75 Å². The van der Waals surface area contributed by atoms with Crippen LogP contribution in [0.25, 0.3) is 0 Å². The molecule has 0 aliphatic rings. The minimum absolute atomic E-state index is 0. The van der Waals surface area contributed by atoms with E-state index in [1.54, 1.807) is 13.2 Å². The van der Waals surface area contributed by atoms with Crippen molar-refractivity contribution in [1.82, 2.24) is 15.6 Å². The fourth-order valence-corrected chi connectivity index (χ4v) is 2.22. The molecule has 0 amide bonds. The summed E-state index contributed by atoms with van der Waals surface area (Å²) in [6.45, 7) is 6.08. The van der Waals surface area contributed by atoms with Gasteiger partial charge in [-0.25, -0.2) is 0 Å². The molecule has 0 spiro atoms. The first-order valence-corrected chi connectivity index (χ1v) is 7.79. The van der Waals surface area contributed by atoms with E-state index >= 15 is 0 Å². The van der Waals surface area contributed by atoms with Crippen LogP contribution in [0.15, 0.2) is 47.6 Å². The molecule has 130 valence electrons. The molecule has 0 saturated heterocycles. The lowest BCUT2D eigenvalue weighted by molar-refractivity contribution is 0.338. The number of hydrogen-bond donors (Lipinski definition) is 2. The molecule has 0 aliphatic carbocycles. The average molecular weight is 440 g/mol. The van der Waals surface area contributed by atoms with Gasteiger partial charge in [-0.05, 0) is 43.2 Å². The van der Waals surface area contributed by atoms with Crippen molar-refractivity contribution in [2.24, 2.45) is 4.99 Å². The molecule has 1 aromatic carbocycles. The molecule has 2 aromatic rings. The Morgan fingerprint density at radius 3 is 2.58 bits per heavy atom. The Morgan fingerprint density at radius 2 is 1.96 bits per heavy atom. The third-order valence-corrected chi connectivity index (χ3v) is 3.39. The number of nitrogens with zero attached hydrogens (tertiary/aromatic N) is 2. The normalized spacial score (nSPS) is 10.7. The van der Waals surface area contributed by atoms with Gasteiger partial charge in [0, 0.05) is 19.8 Å². The van der Waals surface area contributed by atoms with Gasteiger partial charge in [-0.1, -0.05) is 18.2 Å². The number of ether oxygens (including phenoxy) is 1. The minimum Gasteiger partial charge on any atom is -0.494 e. The maximum atomic E-state index is 5.56. The highest BCUT2D eigenvalue weighted by Gasteiger charge is 2.03. The maximum Gasteiger partial charge on any atom is 0.191 e. The Hall–Kier alpha value is -1.83. The smallest absolute Gasteiger partial charge is 0.191 e. The molecule has 0 atom stereocenters. The summed E-state index contributed by atoms with van der Waals surface area (Å²) in [4.78, 5) is 8.51. The van der Waals surface area contributed by atoms with E-state index in [-0.39, 0.29) is 24.0 Å². The Bertz CT molecular complexity index is 647. The Balaban J connectivity index is 0.00000288. The standard InChI is InChI=1S/C18H24N4O.HI/c1-4-23-17-9-8-15(11-14(17)2)12-21-18(19-3)22-13-16-7-5-6-10-20-16;/h5-11H,4,12-13H2,1-3H3,(H2,19,21,22);1H. The van der Waals surface area contributed by atoms with Crippen molar-refractivity contribution < 1.29 is 4.74 Å². The maximum absolute atomic E-state index is 5.56. The molecule has 0 aliphatic heterocycles. The number of halogens is 1. The number of guanidine groups is 1. The molecule has 1 aromatic heterocycles. The zero-order valence-corrected chi connectivity index (χ0v) is 16.7. The van der Waals surface area contributed by atoms with Crippen molar-refractivity contribution in [2.75, 3.05) is 13.7 Å². The number of benzene rings is 1. The van der Waals surface area contributed by atoms with E-state index in [1.165, 1.54) is 5.56 Å². The van der Waals surface area contributed by atoms with Crippen LogP contribution in [0.2, 0.25) is 0 Å². The quantitative estimate of drug-likeness (QED) is 0.411. The molecule has 0 fully saturated rings. The van der Waals surface area contributed by atoms with E-state index in [9.17, 15) is 0 Å². The van der Waals surface area contributed by atoms with Crippen LogP contribution in [0.5, 0.6) is 5.75 Å². The van der Waals surface area contributed by atoms with Crippen LogP contribution < -0.4 is 15.4 Å². The molecule has 1 heterocycles. The highest BCUT2D eigenvalue weighted by molar-refractivity contribution is 14.0. The Morgan fingerprint density at radius 1 is 1.17 bits per heavy atom. The molecule has 0 saturated carbocycles. The largest absolute Gasteiger partial charge is 0.494 e. The number of nitrogens with one attached hydrogen (secondary N) is 2. The molecule has 5 nitrogen and oxygen atoms in total. The number of aromatic nitrogens is 1. The number of pyridine rings is 1. The molecule has 6 heteroatoms. The fourth-order valence-electron chi connectivity index (χ4n) is 2.22. The summed E-state index contributed by atoms with van der Waals surface area (Å²) >= 11 is 0. The van der Waals surface area contributed by atoms with Gasteiger partial charge in [0.25, 0.3) is 0 Å². The fraction of sp³-hybridized carbons (Fsp3) is 0.333. The summed E-state index contributed by atoms with van der Waals surface area (Å²) in [6, 6.07) is 12.1. The van der Waals surface area contributed by atoms with Gasteiger partial charge < -0.3 is 15.4 Å². The lowest BCUT2D eigenvalue weighted by atomic mass is 10.1. The monoisotopic (exact) mass is 440 g/mol. The van der Waals surface area contributed by atoms with Crippen LogP contribution in [0.1, 0.15) is 23.7 Å². The number of hydrogen-bond acceptors (Lipinski definition) is 3. The van der Waals surface area contributed by atoms with Crippen molar-refractivity contribution >= 4 is 29.9 Å². The third-order valence-electron chi connectivity index (χ3n) is 3.39. The predicted octanol–water partition coefficient (Wildman–Crippen LogP) is 3.27. The molecule has 0 unspecified atom stereocenters. The van der Waals surface area contributed by atoms with E-state index in [4.69, 9.17) is 4.74 Å². The average Bonchev–Trinajstić information content (AvgIpc) is 2.58. The lowest BCUT2D eigenvalue weighted by Crippen LogP contribution is -2.36. The van der Waals surface area contributed by atoms with Gasteiger partial charge in [-0.15, -0.1) is 24.0 Å². The summed E-state index contributed by atoms with van der Waals surface area (Å²) in [6.07, 6.45) is 1.79. The number of rotatable bonds is 6. The van der Waals surface area contributed by atoms with Gasteiger partial charge in [0.15, 0.2) is 5.96 Å². The zero-order valence-electron chi connectivity index (χ0n) is 14.4. The summed E-state index contributed by atoms with van der Waals surface area (Å²) in [7, 11) is 1.76. The van der Waals surface area contributed by atoms with E-state index in [2.05, 4.69) is 39.7 Å². The topological polar surface area (TPSA) is 58.5 Å². The molecular formula is C18H25IN4O. The predicted molar refractivity (Wildman–Crippen MR) is 109 cm³/mol. The van der Waals surface area contributed by atoms with Crippen molar-refractivity contribution in [3.05, 3.63) is 59.4 Å². The van der Waals surface area contributed by atoms with Crippen molar-refractivity contribution in [2.45, 2.75) is 26.9 Å². The zero-order chi connectivity index (χ0) is 16.5. The van der Waals surface area contributed by atoms with Crippen LogP contribution >= 0.6 is 24.0 Å². The van der Waals surface area contributed by atoms with Crippen LogP contribution in [-0.4, -0.2) is 24.6 Å². The summed E-state index contributed by atoms with van der Waals surface area (Å²) in [5.74, 6) is 1.69. The first kappa shape index (κ1) is 20.2. The molecule has 2 rings (SSSR count). The summed E-state index contributed by atoms with van der Waals surface area (Å²) in [5.41, 5.74) is 3.31. The van der Waals surface area contributed by atoms with Gasteiger partial charge in [-0.3, -0.25) is 9.98 Å². The molecule has 0 bridgehead atoms. The Labute approximate surface area is 161 Å². The van der Waals surface area contributed by atoms with Crippen LogP contribution in [-0.2, 0) is 13.1 Å². The van der Waals surface area contributed by atoms with Gasteiger partial charge in [-0.2, -0.15) is 0 Å². The van der Waals surface area contributed by atoms with E-state index < -0.39 is 0 Å². The van der Waals surface area contributed by atoms with Gasteiger partial charge in [0.05, 0.1) is 18.8 Å². The number of aryl methyl sites for hydroxylation is 1. The Kier molecular flexibility index (Phi) is 9.14. The summed E-state index contributed by atoms with van der Waals surface area (Å²) in [5, 5.41) is 6.56. The highest BCUT2D eigenvalue weighted by Crippen LogP contribution is 2.18. The number of aliphatic imine (C=N–C) groups is 1. The minimum atomic E-state index is 0. The van der Waals surface area contributed by atoms with E-state index in [0.29, 0.717) is 19.7 Å². The molecular weight excluding hydrogens is 415 g/mol. The second-order valence-electron chi connectivity index (χ2n) is 5.13. The molecule has 0 radical (unpaired) electrons. The van der Waals surface area contributed by atoms with E-state index in [1.807, 2.05) is 31.2 Å². The van der Waals surface area contributed by atoms with Crippen LogP contribution in [0.4, 0.5) is 0 Å². The van der Waals surface area contributed by atoms with E-state index in [0.717, 1.165) is 23.0 Å². The molecule has 24 heavy (non-hydrogen) atoms. The van der Waals surface area contributed by atoms with Gasteiger partial charge in [0.2, 0.25) is 0 Å². The van der Waals surface area contributed by atoms with Crippen molar-refractivity contribution in [1.29, 1.82) is 0 Å². The van der Waals surface area contributed by atoms with Crippen molar-refractivity contribution in [3.63, 3.8) is 0 Å². The lowest BCUT2D eigenvalue weighted by Gasteiger charge is -2.13. The molecule has 2 N–H and O–H groups in total. The SMILES string of the molecule is CCOc1ccc(CNC(=NC)NCc2ccccn2)cc1C.I. The first-order valence-electron chi connectivity index (χ1n) is 7.79. The summed E-state index contributed by atoms with van der Waals surface area (Å²) < 4.78 is 5.56. The third kappa shape index (κ3) is 6.35. The van der Waals surface area contributed by atoms with Gasteiger partial charge >= 0.3 is 0 Å². The van der Waals surface area contributed by atoms with Crippen LogP contribution in [0.3, 0.4) is 0 Å². The first-order chi connectivity index (χ1) is 11.2. The second kappa shape index (κ2) is 10.9. The van der Waals surface area contributed by atoms with Crippen molar-refractivity contribution in [3.8, 4) is 5.75 Å². The van der Waals surface area contributed by atoms with Crippen LogP contribution in [0, 0.1) is 6.92 Å². The second-order valence-corrected chi connectivity index (χ2v) is 5.13. The highest BCUT2D eigenvalue weighted by atomic mass is 127.